The van der Waals surface area contributed by atoms with E-state index in [-0.39, 0.29) is 0 Å². The predicted molar refractivity (Wildman–Crippen MR) is 104 cm³/mol. The number of aromatic nitrogens is 5. The maximum atomic E-state index is 5.14. The van der Waals surface area contributed by atoms with Crippen molar-refractivity contribution in [3.05, 3.63) is 83.0 Å². The maximum Gasteiger partial charge on any atom is 0.216 e. The van der Waals surface area contributed by atoms with Crippen molar-refractivity contribution < 1.29 is 0 Å². The van der Waals surface area contributed by atoms with Crippen molar-refractivity contribution in [2.75, 3.05) is 0 Å². The number of hydrogen-bond donors (Lipinski definition) is 1. The Morgan fingerprint density at radius 1 is 1.08 bits per heavy atom. The van der Waals surface area contributed by atoms with Crippen molar-refractivity contribution in [3.63, 3.8) is 0 Å². The summed E-state index contributed by atoms with van der Waals surface area (Å²) in [5.41, 5.74) is 4.95. The molecule has 2 heterocycles. The molecule has 0 bridgehead atoms. The molecule has 128 valence electrons. The van der Waals surface area contributed by atoms with Crippen LogP contribution in [0, 0.1) is 11.7 Å². The second-order valence-corrected chi connectivity index (χ2v) is 6.17. The molecule has 2 aromatic carbocycles. The van der Waals surface area contributed by atoms with Gasteiger partial charge in [-0.1, -0.05) is 48.5 Å². The van der Waals surface area contributed by atoms with Gasteiger partial charge in [0.25, 0.3) is 0 Å². The minimum atomic E-state index is 0.439. The van der Waals surface area contributed by atoms with E-state index in [0.717, 1.165) is 28.1 Å². The highest BCUT2D eigenvalue weighted by molar-refractivity contribution is 7.71. The lowest BCUT2D eigenvalue weighted by Gasteiger charge is -2.04. The van der Waals surface area contributed by atoms with Gasteiger partial charge in [-0.25, -0.2) is 4.68 Å². The fourth-order valence-corrected chi connectivity index (χ4v) is 2.84. The molecule has 7 heteroatoms. The Balaban J connectivity index is 1.84. The van der Waals surface area contributed by atoms with Crippen LogP contribution in [0.15, 0.2) is 72.2 Å². The highest BCUT2D eigenvalue weighted by Gasteiger charge is 2.12. The molecule has 2 aromatic heterocycles. The lowest BCUT2D eigenvalue weighted by molar-refractivity contribution is 0.862. The van der Waals surface area contributed by atoms with E-state index >= 15 is 0 Å². The third-order valence-corrected chi connectivity index (χ3v) is 4.29. The summed E-state index contributed by atoms with van der Waals surface area (Å²) in [6, 6.07) is 18.2. The molecule has 0 atom stereocenters. The highest BCUT2D eigenvalue weighted by atomic mass is 32.1. The monoisotopic (exact) mass is 360 g/mol. The van der Waals surface area contributed by atoms with E-state index in [0.29, 0.717) is 4.77 Å². The maximum absolute atomic E-state index is 5.14. The van der Waals surface area contributed by atoms with Crippen LogP contribution in [0.4, 0.5) is 0 Å². The number of para-hydroxylation sites is 1. The Labute approximate surface area is 155 Å². The molecule has 0 aliphatic heterocycles. The van der Waals surface area contributed by atoms with Crippen molar-refractivity contribution in [2.24, 2.45) is 5.10 Å². The fourth-order valence-electron chi connectivity index (χ4n) is 2.70. The van der Waals surface area contributed by atoms with Crippen molar-refractivity contribution in [2.45, 2.75) is 6.92 Å². The van der Waals surface area contributed by atoms with Gasteiger partial charge in [0.15, 0.2) is 0 Å². The van der Waals surface area contributed by atoms with Crippen LogP contribution < -0.4 is 0 Å². The smallest absolute Gasteiger partial charge is 0.216 e. The van der Waals surface area contributed by atoms with Crippen molar-refractivity contribution in [1.29, 1.82) is 0 Å². The molecule has 4 rings (SSSR count). The number of hydrogen-bond acceptors (Lipinski definition) is 4. The summed E-state index contributed by atoms with van der Waals surface area (Å²) in [5.74, 6) is 0. The first-order valence-corrected chi connectivity index (χ1v) is 8.50. The Bertz CT molecular complexity index is 1120. The summed E-state index contributed by atoms with van der Waals surface area (Å²) < 4.78 is 3.83. The van der Waals surface area contributed by atoms with E-state index in [9.17, 15) is 0 Å². The van der Waals surface area contributed by atoms with Gasteiger partial charge in [-0.15, -0.1) is 0 Å². The van der Waals surface area contributed by atoms with Crippen LogP contribution in [0.25, 0.3) is 16.9 Å². The van der Waals surface area contributed by atoms with Crippen LogP contribution in [0.3, 0.4) is 0 Å². The normalized spacial score (nSPS) is 11.3. The number of benzene rings is 2. The quantitative estimate of drug-likeness (QED) is 0.442. The summed E-state index contributed by atoms with van der Waals surface area (Å²) in [4.78, 5) is 0. The zero-order chi connectivity index (χ0) is 17.9. The molecule has 0 aliphatic rings. The first kappa shape index (κ1) is 16.2. The molecule has 0 aliphatic carbocycles. The third kappa shape index (κ3) is 3.12. The van der Waals surface area contributed by atoms with Crippen molar-refractivity contribution >= 4 is 18.4 Å². The first-order valence-electron chi connectivity index (χ1n) is 8.10. The molecular formula is C19H16N6S. The molecule has 1 N–H and O–H groups in total. The van der Waals surface area contributed by atoms with Gasteiger partial charge in [0.2, 0.25) is 4.77 Å². The number of aryl methyl sites for hydroxylation is 1. The SMILES string of the molecule is Cc1ccccc1-n1cc(/C=N\n2cn[nH]c2=S)c(-c2ccccc2)n1. The van der Waals surface area contributed by atoms with E-state index in [1.54, 1.807) is 6.21 Å². The van der Waals surface area contributed by atoms with E-state index < -0.39 is 0 Å². The Morgan fingerprint density at radius 2 is 1.85 bits per heavy atom. The molecule has 0 radical (unpaired) electrons. The largest absolute Gasteiger partial charge is 0.250 e. The molecule has 0 unspecified atom stereocenters. The number of rotatable bonds is 4. The lowest BCUT2D eigenvalue weighted by atomic mass is 10.1. The fraction of sp³-hybridized carbons (Fsp3) is 0.0526. The van der Waals surface area contributed by atoms with Crippen LogP contribution >= 0.6 is 12.2 Å². The predicted octanol–water partition coefficient (Wildman–Crippen LogP) is 3.98. The van der Waals surface area contributed by atoms with Crippen molar-refractivity contribution in [3.8, 4) is 16.9 Å². The molecule has 26 heavy (non-hydrogen) atoms. The van der Waals surface area contributed by atoms with Gasteiger partial charge in [0, 0.05) is 17.3 Å². The number of H-pyrrole nitrogens is 1. The van der Waals surface area contributed by atoms with E-state index in [4.69, 9.17) is 17.3 Å². The van der Waals surface area contributed by atoms with Gasteiger partial charge in [0.05, 0.1) is 11.9 Å². The Morgan fingerprint density at radius 3 is 2.58 bits per heavy atom. The van der Waals surface area contributed by atoms with Gasteiger partial charge in [-0.05, 0) is 30.8 Å². The molecule has 0 saturated heterocycles. The second-order valence-electron chi connectivity index (χ2n) is 5.78. The van der Waals surface area contributed by atoms with Gasteiger partial charge >= 0.3 is 0 Å². The topological polar surface area (TPSA) is 63.8 Å². The zero-order valence-electron chi connectivity index (χ0n) is 14.1. The standard InChI is InChI=1S/C19H16N6S/c1-14-7-5-6-10-17(14)24-12-16(11-21-25-13-20-22-19(25)26)18(23-24)15-8-3-2-4-9-15/h2-13H,1H3,(H,22,26)/b21-11-. The molecule has 0 amide bonds. The Kier molecular flexibility index (Phi) is 4.28. The first-order chi connectivity index (χ1) is 12.7. The summed E-state index contributed by atoms with van der Waals surface area (Å²) in [6.07, 6.45) is 5.25. The van der Waals surface area contributed by atoms with E-state index in [1.165, 1.54) is 11.0 Å². The van der Waals surface area contributed by atoms with E-state index in [1.807, 2.05) is 59.4 Å². The minimum absolute atomic E-state index is 0.439. The lowest BCUT2D eigenvalue weighted by Crippen LogP contribution is -1.97. The number of nitrogens with one attached hydrogen (secondary N) is 1. The third-order valence-electron chi connectivity index (χ3n) is 4.01. The van der Waals surface area contributed by atoms with Crippen LogP contribution in [0.1, 0.15) is 11.1 Å². The summed E-state index contributed by atoms with van der Waals surface area (Å²) in [7, 11) is 0. The summed E-state index contributed by atoms with van der Waals surface area (Å²) in [6.45, 7) is 2.07. The van der Waals surface area contributed by atoms with E-state index in [2.05, 4.69) is 28.3 Å². The molecule has 4 aromatic rings. The molecule has 0 saturated carbocycles. The molecular weight excluding hydrogens is 344 g/mol. The van der Waals surface area contributed by atoms with Gasteiger partial charge in [-0.3, -0.25) is 5.10 Å². The average molecular weight is 360 g/mol. The van der Waals surface area contributed by atoms with Crippen LogP contribution in [0.2, 0.25) is 0 Å². The summed E-state index contributed by atoms with van der Waals surface area (Å²) >= 11 is 5.14. The molecule has 0 fully saturated rings. The average Bonchev–Trinajstić information content (AvgIpc) is 3.27. The zero-order valence-corrected chi connectivity index (χ0v) is 14.9. The van der Waals surface area contributed by atoms with Crippen LogP contribution in [-0.4, -0.2) is 30.9 Å². The minimum Gasteiger partial charge on any atom is -0.250 e. The van der Waals surface area contributed by atoms with Crippen LogP contribution in [0.5, 0.6) is 0 Å². The molecule has 6 nitrogen and oxygen atoms in total. The van der Waals surface area contributed by atoms with Gasteiger partial charge in [0.1, 0.15) is 12.0 Å². The highest BCUT2D eigenvalue weighted by Crippen LogP contribution is 2.23. The second kappa shape index (κ2) is 6.89. The summed E-state index contributed by atoms with van der Waals surface area (Å²) in [5, 5.41) is 15.8. The Hall–Kier alpha value is -3.32. The number of nitrogens with zero attached hydrogens (tertiary/aromatic N) is 5. The van der Waals surface area contributed by atoms with Gasteiger partial charge in [-0.2, -0.15) is 20.0 Å². The van der Waals surface area contributed by atoms with Crippen molar-refractivity contribution in [1.82, 2.24) is 24.7 Å². The van der Waals surface area contributed by atoms with Gasteiger partial charge < -0.3 is 0 Å². The number of aromatic amines is 1. The molecule has 0 spiro atoms. The van der Waals surface area contributed by atoms with Crippen LogP contribution in [-0.2, 0) is 0 Å².